The minimum absolute atomic E-state index is 0.355. The highest BCUT2D eigenvalue weighted by molar-refractivity contribution is 6.36. The molecule has 6 aliphatic carbocycles. The van der Waals surface area contributed by atoms with Crippen molar-refractivity contribution in [2.45, 2.75) is 0 Å². The molecule has 0 radical (unpaired) electrons. The summed E-state index contributed by atoms with van der Waals surface area (Å²) in [7, 11) is 0. The molecule has 0 aromatic heterocycles. The molecule has 0 saturated heterocycles. The van der Waals surface area contributed by atoms with E-state index in [0.717, 1.165) is 0 Å². The number of rotatable bonds is 2. The first-order chi connectivity index (χ1) is 20.9. The third-order valence-corrected chi connectivity index (χ3v) is 10.0. The summed E-state index contributed by atoms with van der Waals surface area (Å²) in [5, 5.41) is 2.59. The van der Waals surface area contributed by atoms with Gasteiger partial charge in [-0.15, -0.1) is 0 Å². The minimum atomic E-state index is 0.355. The van der Waals surface area contributed by atoms with Crippen molar-refractivity contribution in [1.29, 1.82) is 0 Å². The molecule has 0 amide bonds. The lowest BCUT2D eigenvalue weighted by atomic mass is 9.63. The predicted octanol–water partition coefficient (Wildman–Crippen LogP) is 10.1. The van der Waals surface area contributed by atoms with Gasteiger partial charge in [0.05, 0.1) is 0 Å². The third kappa shape index (κ3) is 2.82. The summed E-state index contributed by atoms with van der Waals surface area (Å²) in [5.74, 6) is 0.753. The van der Waals surface area contributed by atoms with E-state index in [1.54, 1.807) is 0 Å². The van der Waals surface area contributed by atoms with Gasteiger partial charge in [-0.3, -0.25) is 0 Å². The molecule has 0 fully saturated rings. The smallest absolute Gasteiger partial charge is 0.0205 e. The monoisotopic (exact) mass is 530 g/mol. The SMILES string of the molecule is C1=CC2=CC=C3C=CC(C4=C5C(=C(c6cccc7ccccc67)c6ccccc65)c5ccccc54)=C4C=CC(=C1)C2C34. The van der Waals surface area contributed by atoms with Crippen LogP contribution in [0.25, 0.3) is 33.1 Å². The number of fused-ring (bicyclic) bond motifs is 6. The van der Waals surface area contributed by atoms with Crippen molar-refractivity contribution in [2.24, 2.45) is 11.8 Å². The van der Waals surface area contributed by atoms with E-state index >= 15 is 0 Å². The van der Waals surface area contributed by atoms with Gasteiger partial charge in [-0.25, -0.2) is 0 Å². The summed E-state index contributed by atoms with van der Waals surface area (Å²) in [5.41, 5.74) is 19.3. The van der Waals surface area contributed by atoms with Gasteiger partial charge in [0, 0.05) is 11.8 Å². The van der Waals surface area contributed by atoms with Gasteiger partial charge in [-0.2, -0.15) is 0 Å². The third-order valence-electron chi connectivity index (χ3n) is 10.0. The standard InChI is InChI=1S/C42H26/c1-2-13-29-25(9-1)10-8-18-30(29)39-31-14-3-5-16-33(31)42-40(32-15-4-6-17-34(32)41(39)42)36-24-22-28-20-19-26-11-7-12-27-21-23-35(36)38(28)37(26)27/h1-24,37-38H. The Hall–Kier alpha value is -5.20. The molecule has 0 heteroatoms. The first kappa shape index (κ1) is 22.5. The second-order valence-corrected chi connectivity index (χ2v) is 12.0. The Morgan fingerprint density at radius 3 is 1.76 bits per heavy atom. The van der Waals surface area contributed by atoms with Crippen molar-refractivity contribution >= 4 is 33.1 Å². The van der Waals surface area contributed by atoms with Gasteiger partial charge in [0.15, 0.2) is 0 Å². The molecule has 0 saturated carbocycles. The van der Waals surface area contributed by atoms with Crippen molar-refractivity contribution in [3.63, 3.8) is 0 Å². The maximum Gasteiger partial charge on any atom is 0.0205 e. The van der Waals surface area contributed by atoms with Gasteiger partial charge in [-0.05, 0) is 88.7 Å². The van der Waals surface area contributed by atoms with Crippen LogP contribution in [-0.2, 0) is 0 Å². The first-order valence-corrected chi connectivity index (χ1v) is 14.9. The summed E-state index contributed by atoms with van der Waals surface area (Å²) >= 11 is 0. The Labute approximate surface area is 245 Å². The second kappa shape index (κ2) is 8.18. The molecule has 0 nitrogen and oxygen atoms in total. The molecule has 4 aromatic rings. The number of hydrogen-bond donors (Lipinski definition) is 0. The predicted molar refractivity (Wildman–Crippen MR) is 175 cm³/mol. The van der Waals surface area contributed by atoms with Crippen LogP contribution in [0.3, 0.4) is 0 Å². The number of benzene rings is 4. The molecule has 4 aromatic carbocycles. The van der Waals surface area contributed by atoms with Crippen LogP contribution < -0.4 is 0 Å². The molecule has 6 aliphatic rings. The zero-order chi connectivity index (χ0) is 27.4. The van der Waals surface area contributed by atoms with Gasteiger partial charge in [0.2, 0.25) is 0 Å². The van der Waals surface area contributed by atoms with Crippen LogP contribution in [0.15, 0.2) is 174 Å². The highest BCUT2D eigenvalue weighted by Gasteiger charge is 2.42. The summed E-state index contributed by atoms with van der Waals surface area (Å²) in [6, 6.07) is 33.7. The van der Waals surface area contributed by atoms with E-state index in [9.17, 15) is 0 Å². The molecule has 0 heterocycles. The van der Waals surface area contributed by atoms with Crippen LogP contribution in [0.2, 0.25) is 0 Å². The molecule has 42 heavy (non-hydrogen) atoms. The Morgan fingerprint density at radius 2 is 0.952 bits per heavy atom. The maximum atomic E-state index is 2.41. The van der Waals surface area contributed by atoms with Gasteiger partial charge in [0.25, 0.3) is 0 Å². The van der Waals surface area contributed by atoms with Gasteiger partial charge < -0.3 is 0 Å². The quantitative estimate of drug-likeness (QED) is 0.242. The van der Waals surface area contributed by atoms with E-state index in [4.69, 9.17) is 0 Å². The highest BCUT2D eigenvalue weighted by atomic mass is 14.4. The van der Waals surface area contributed by atoms with Gasteiger partial charge >= 0.3 is 0 Å². The molecular formula is C42H26. The zero-order valence-corrected chi connectivity index (χ0v) is 23.0. The molecule has 0 spiro atoms. The van der Waals surface area contributed by atoms with Gasteiger partial charge in [-0.1, -0.05) is 146 Å². The molecule has 2 atom stereocenters. The normalized spacial score (nSPS) is 22.1. The molecule has 0 aliphatic heterocycles. The minimum Gasteiger partial charge on any atom is -0.0617 e. The molecule has 0 bridgehead atoms. The fourth-order valence-corrected chi connectivity index (χ4v) is 8.33. The lowest BCUT2D eigenvalue weighted by Crippen LogP contribution is -2.29. The van der Waals surface area contributed by atoms with E-state index < -0.39 is 0 Å². The van der Waals surface area contributed by atoms with Crippen molar-refractivity contribution in [1.82, 2.24) is 0 Å². The summed E-state index contributed by atoms with van der Waals surface area (Å²) in [4.78, 5) is 0. The average molecular weight is 531 g/mol. The van der Waals surface area contributed by atoms with Crippen LogP contribution in [0.1, 0.15) is 27.8 Å². The largest absolute Gasteiger partial charge is 0.0617 e. The molecule has 194 valence electrons. The molecular weight excluding hydrogens is 504 g/mol. The number of hydrogen-bond acceptors (Lipinski definition) is 0. The highest BCUT2D eigenvalue weighted by Crippen LogP contribution is 2.61. The fraction of sp³-hybridized carbons (Fsp3) is 0.0476. The lowest BCUT2D eigenvalue weighted by molar-refractivity contribution is 0.562. The van der Waals surface area contributed by atoms with Crippen LogP contribution in [-0.4, -0.2) is 0 Å². The van der Waals surface area contributed by atoms with Crippen molar-refractivity contribution in [3.05, 3.63) is 201 Å². The summed E-state index contributed by atoms with van der Waals surface area (Å²) in [6.07, 6.45) is 21.0. The van der Waals surface area contributed by atoms with E-state index in [1.807, 2.05) is 0 Å². The van der Waals surface area contributed by atoms with Crippen molar-refractivity contribution in [3.8, 4) is 0 Å². The zero-order valence-electron chi connectivity index (χ0n) is 23.0. The Morgan fingerprint density at radius 1 is 0.381 bits per heavy atom. The average Bonchev–Trinajstić information content (AvgIpc) is 3.56. The second-order valence-electron chi connectivity index (χ2n) is 12.0. The van der Waals surface area contributed by atoms with E-state index in [1.165, 1.54) is 88.7 Å². The van der Waals surface area contributed by atoms with Crippen LogP contribution in [0.5, 0.6) is 0 Å². The number of allylic oxidation sites excluding steroid dienone is 17. The Kier molecular flexibility index (Phi) is 4.38. The summed E-state index contributed by atoms with van der Waals surface area (Å²) < 4.78 is 0. The van der Waals surface area contributed by atoms with Crippen molar-refractivity contribution in [2.75, 3.05) is 0 Å². The van der Waals surface area contributed by atoms with Crippen LogP contribution in [0, 0.1) is 11.8 Å². The molecule has 10 rings (SSSR count). The van der Waals surface area contributed by atoms with Gasteiger partial charge in [0.1, 0.15) is 0 Å². The van der Waals surface area contributed by atoms with E-state index in [2.05, 4.69) is 146 Å². The fourth-order valence-electron chi connectivity index (χ4n) is 8.33. The van der Waals surface area contributed by atoms with Crippen molar-refractivity contribution < 1.29 is 0 Å². The first-order valence-electron chi connectivity index (χ1n) is 14.9. The maximum absolute atomic E-state index is 2.41. The van der Waals surface area contributed by atoms with Crippen LogP contribution >= 0.6 is 0 Å². The Bertz CT molecular complexity index is 2220. The summed E-state index contributed by atoms with van der Waals surface area (Å²) in [6.45, 7) is 0. The molecule has 0 N–H and O–H groups in total. The topological polar surface area (TPSA) is 0 Å². The molecule has 2 unspecified atom stereocenters. The van der Waals surface area contributed by atoms with Crippen LogP contribution in [0.4, 0.5) is 0 Å². The van der Waals surface area contributed by atoms with E-state index in [-0.39, 0.29) is 0 Å². The lowest BCUT2D eigenvalue weighted by Gasteiger charge is -2.40. The Balaban J connectivity index is 1.32. The van der Waals surface area contributed by atoms with E-state index in [0.29, 0.717) is 11.8 Å².